The SMILES string of the molecule is COc1ccc(-c2nc3ccccc3o2)cc1NC(=S)NC(=O)c1cccc2c(Br)cccc12. The van der Waals surface area contributed by atoms with Gasteiger partial charge in [-0.15, -0.1) is 0 Å². The fourth-order valence-corrected chi connectivity index (χ4v) is 4.43. The molecule has 0 saturated carbocycles. The summed E-state index contributed by atoms with van der Waals surface area (Å²) in [5.74, 6) is 0.726. The van der Waals surface area contributed by atoms with Crippen LogP contribution in [-0.2, 0) is 0 Å². The van der Waals surface area contributed by atoms with Crippen molar-refractivity contribution in [2.75, 3.05) is 12.4 Å². The smallest absolute Gasteiger partial charge is 0.258 e. The number of hydrogen-bond donors (Lipinski definition) is 2. The van der Waals surface area contributed by atoms with Crippen molar-refractivity contribution in [1.82, 2.24) is 10.3 Å². The minimum absolute atomic E-state index is 0.144. The summed E-state index contributed by atoms with van der Waals surface area (Å²) in [6.45, 7) is 0. The van der Waals surface area contributed by atoms with Gasteiger partial charge in [0, 0.05) is 15.6 Å². The summed E-state index contributed by atoms with van der Waals surface area (Å²) in [7, 11) is 1.56. The molecule has 0 radical (unpaired) electrons. The Morgan fingerprint density at radius 2 is 1.79 bits per heavy atom. The van der Waals surface area contributed by atoms with Crippen molar-refractivity contribution in [3.05, 3.63) is 88.9 Å². The Morgan fingerprint density at radius 1 is 1.00 bits per heavy atom. The predicted octanol–water partition coefficient (Wildman–Crippen LogP) is 6.55. The van der Waals surface area contributed by atoms with Gasteiger partial charge in [0.25, 0.3) is 5.91 Å². The Hall–Kier alpha value is -3.75. The lowest BCUT2D eigenvalue weighted by atomic mass is 10.0. The number of para-hydroxylation sites is 2. The zero-order chi connectivity index (χ0) is 23.7. The van der Waals surface area contributed by atoms with Gasteiger partial charge in [0.1, 0.15) is 11.3 Å². The number of carbonyl (C=O) groups is 1. The van der Waals surface area contributed by atoms with Gasteiger partial charge in [-0.2, -0.15) is 0 Å². The first kappa shape index (κ1) is 22.1. The van der Waals surface area contributed by atoms with E-state index in [0.29, 0.717) is 28.5 Å². The highest BCUT2D eigenvalue weighted by molar-refractivity contribution is 9.10. The minimum Gasteiger partial charge on any atom is -0.495 e. The molecule has 0 fully saturated rings. The van der Waals surface area contributed by atoms with Crippen LogP contribution in [0.25, 0.3) is 33.3 Å². The Labute approximate surface area is 209 Å². The summed E-state index contributed by atoms with van der Waals surface area (Å²) < 4.78 is 12.3. The molecule has 0 atom stereocenters. The Kier molecular flexibility index (Phi) is 6.00. The number of nitrogens with zero attached hydrogens (tertiary/aromatic N) is 1. The van der Waals surface area contributed by atoms with Crippen LogP contribution in [0.3, 0.4) is 0 Å². The molecule has 4 aromatic carbocycles. The highest BCUT2D eigenvalue weighted by Gasteiger charge is 2.15. The maximum atomic E-state index is 13.0. The summed E-state index contributed by atoms with van der Waals surface area (Å²) in [6.07, 6.45) is 0. The van der Waals surface area contributed by atoms with Gasteiger partial charge >= 0.3 is 0 Å². The van der Waals surface area contributed by atoms with E-state index in [1.165, 1.54) is 0 Å². The van der Waals surface area contributed by atoms with Crippen molar-refractivity contribution in [2.45, 2.75) is 0 Å². The third kappa shape index (κ3) is 4.25. The average Bonchev–Trinajstić information content (AvgIpc) is 3.28. The maximum absolute atomic E-state index is 13.0. The molecule has 0 saturated heterocycles. The van der Waals surface area contributed by atoms with Crippen molar-refractivity contribution in [3.63, 3.8) is 0 Å². The molecule has 2 N–H and O–H groups in total. The third-order valence-corrected chi connectivity index (χ3v) is 6.22. The molecule has 8 heteroatoms. The number of nitrogens with one attached hydrogen (secondary N) is 2. The zero-order valence-corrected chi connectivity index (χ0v) is 20.4. The minimum atomic E-state index is -0.310. The Bertz CT molecular complexity index is 1530. The Balaban J connectivity index is 1.39. The predicted molar refractivity (Wildman–Crippen MR) is 141 cm³/mol. The highest BCUT2D eigenvalue weighted by atomic mass is 79.9. The number of thiocarbonyl (C=S) groups is 1. The second-order valence-corrected chi connectivity index (χ2v) is 8.71. The Morgan fingerprint density at radius 3 is 2.62 bits per heavy atom. The standard InChI is InChI=1S/C26H18BrN3O3S/c1-32-22-13-12-15(25-28-20-10-2-3-11-23(20)33-25)14-21(22)29-26(34)30-24(31)18-8-4-7-17-16(18)6-5-9-19(17)27/h2-14H,1H3,(H2,29,30,31,34). The second kappa shape index (κ2) is 9.24. The van der Waals surface area contributed by atoms with Crippen LogP contribution in [0.15, 0.2) is 87.8 Å². The van der Waals surface area contributed by atoms with Crippen LogP contribution in [0, 0.1) is 0 Å². The molecule has 0 bridgehead atoms. The summed E-state index contributed by atoms with van der Waals surface area (Å²) in [5.41, 5.74) is 3.32. The van der Waals surface area contributed by atoms with E-state index < -0.39 is 0 Å². The van der Waals surface area contributed by atoms with Gasteiger partial charge < -0.3 is 14.5 Å². The van der Waals surface area contributed by atoms with Crippen molar-refractivity contribution in [1.29, 1.82) is 0 Å². The van der Waals surface area contributed by atoms with E-state index in [1.807, 2.05) is 66.7 Å². The van der Waals surface area contributed by atoms with E-state index in [1.54, 1.807) is 19.2 Å². The zero-order valence-electron chi connectivity index (χ0n) is 18.0. The number of anilines is 1. The topological polar surface area (TPSA) is 76.4 Å². The van der Waals surface area contributed by atoms with Gasteiger partial charge in [-0.25, -0.2) is 4.98 Å². The van der Waals surface area contributed by atoms with Gasteiger partial charge in [-0.3, -0.25) is 10.1 Å². The lowest BCUT2D eigenvalue weighted by Gasteiger charge is -2.14. The molecule has 1 amide bonds. The number of aromatic nitrogens is 1. The van der Waals surface area contributed by atoms with Crippen molar-refractivity contribution >= 4 is 66.7 Å². The number of amides is 1. The first-order valence-electron chi connectivity index (χ1n) is 10.4. The molecule has 168 valence electrons. The van der Waals surface area contributed by atoms with Crippen molar-refractivity contribution in [2.24, 2.45) is 0 Å². The quantitative estimate of drug-likeness (QED) is 0.256. The van der Waals surface area contributed by atoms with E-state index in [9.17, 15) is 4.79 Å². The molecule has 0 aliphatic rings. The molecule has 0 spiro atoms. The molecular formula is C26H18BrN3O3S. The van der Waals surface area contributed by atoms with Gasteiger partial charge in [-0.1, -0.05) is 52.3 Å². The second-order valence-electron chi connectivity index (χ2n) is 7.45. The normalized spacial score (nSPS) is 10.9. The highest BCUT2D eigenvalue weighted by Crippen LogP contribution is 2.32. The number of oxazole rings is 1. The van der Waals surface area contributed by atoms with Crippen LogP contribution in [0.4, 0.5) is 5.69 Å². The van der Waals surface area contributed by atoms with Gasteiger partial charge in [0.05, 0.1) is 12.8 Å². The van der Waals surface area contributed by atoms with E-state index in [0.717, 1.165) is 26.3 Å². The number of methoxy groups -OCH3 is 1. The van der Waals surface area contributed by atoms with E-state index in [2.05, 4.69) is 31.5 Å². The van der Waals surface area contributed by atoms with E-state index >= 15 is 0 Å². The summed E-state index contributed by atoms with van der Waals surface area (Å²) in [4.78, 5) is 17.5. The van der Waals surface area contributed by atoms with Gasteiger partial charge in [0.2, 0.25) is 5.89 Å². The summed E-state index contributed by atoms with van der Waals surface area (Å²) in [5, 5.41) is 7.74. The molecular weight excluding hydrogens is 514 g/mol. The summed E-state index contributed by atoms with van der Waals surface area (Å²) >= 11 is 8.97. The number of benzene rings is 4. The first-order chi connectivity index (χ1) is 16.5. The van der Waals surface area contributed by atoms with Crippen LogP contribution in [-0.4, -0.2) is 23.1 Å². The number of rotatable bonds is 4. The van der Waals surface area contributed by atoms with Crippen molar-refractivity contribution in [3.8, 4) is 17.2 Å². The monoisotopic (exact) mass is 531 g/mol. The lowest BCUT2D eigenvalue weighted by molar-refractivity contribution is 0.0979. The molecule has 1 aromatic heterocycles. The number of carbonyl (C=O) groups excluding carboxylic acids is 1. The fraction of sp³-hybridized carbons (Fsp3) is 0.0385. The van der Waals surface area contributed by atoms with E-state index in [4.69, 9.17) is 21.4 Å². The third-order valence-electron chi connectivity index (χ3n) is 5.33. The number of hydrogen-bond acceptors (Lipinski definition) is 5. The van der Waals surface area contributed by atoms with Crippen LogP contribution in [0.5, 0.6) is 5.75 Å². The van der Waals surface area contributed by atoms with Crippen LogP contribution in [0.2, 0.25) is 0 Å². The number of fused-ring (bicyclic) bond motifs is 2. The molecule has 5 rings (SSSR count). The van der Waals surface area contributed by atoms with Crippen molar-refractivity contribution < 1.29 is 13.9 Å². The maximum Gasteiger partial charge on any atom is 0.258 e. The average molecular weight is 532 g/mol. The molecule has 0 aliphatic carbocycles. The fourth-order valence-electron chi connectivity index (χ4n) is 3.73. The largest absolute Gasteiger partial charge is 0.495 e. The molecule has 0 aliphatic heterocycles. The van der Waals surface area contributed by atoms with Crippen LogP contribution < -0.4 is 15.4 Å². The van der Waals surface area contributed by atoms with Gasteiger partial charge in [0.15, 0.2) is 10.7 Å². The number of ether oxygens (including phenoxy) is 1. The van der Waals surface area contributed by atoms with Gasteiger partial charge in [-0.05, 0) is 65.5 Å². The van der Waals surface area contributed by atoms with Crippen LogP contribution >= 0.6 is 28.1 Å². The molecule has 1 heterocycles. The molecule has 0 unspecified atom stereocenters. The van der Waals surface area contributed by atoms with E-state index in [-0.39, 0.29) is 11.0 Å². The first-order valence-corrected chi connectivity index (χ1v) is 11.6. The summed E-state index contributed by atoms with van der Waals surface area (Å²) in [6, 6.07) is 24.3. The molecule has 5 aromatic rings. The lowest BCUT2D eigenvalue weighted by Crippen LogP contribution is -2.34. The molecule has 34 heavy (non-hydrogen) atoms. The molecule has 6 nitrogen and oxygen atoms in total. The number of halogens is 1. The van der Waals surface area contributed by atoms with Crippen LogP contribution in [0.1, 0.15) is 10.4 Å².